The van der Waals surface area contributed by atoms with Gasteiger partial charge in [0.25, 0.3) is 5.91 Å². The Hall–Kier alpha value is -1.89. The van der Waals surface area contributed by atoms with Crippen LogP contribution >= 0.6 is 11.6 Å². The van der Waals surface area contributed by atoms with Crippen LogP contribution in [0.3, 0.4) is 0 Å². The topological polar surface area (TPSA) is 61.5 Å². The first-order chi connectivity index (χ1) is 13.2. The van der Waals surface area contributed by atoms with Gasteiger partial charge in [-0.1, -0.05) is 29.8 Å². The zero-order valence-electron chi connectivity index (χ0n) is 15.4. The van der Waals surface area contributed by atoms with Crippen LogP contribution in [0.25, 0.3) is 11.3 Å². The van der Waals surface area contributed by atoms with Crippen LogP contribution < -0.4 is 0 Å². The second-order valence-electron chi connectivity index (χ2n) is 7.23. The number of aromatic nitrogens is 2. The maximum Gasteiger partial charge on any atom is 0.271 e. The van der Waals surface area contributed by atoms with Gasteiger partial charge >= 0.3 is 0 Å². The van der Waals surface area contributed by atoms with Crippen molar-refractivity contribution >= 4 is 17.5 Å². The Morgan fingerprint density at radius 3 is 2.93 bits per heavy atom. The van der Waals surface area contributed by atoms with E-state index in [0.717, 1.165) is 64.2 Å². The zero-order valence-corrected chi connectivity index (χ0v) is 16.1. The maximum atomic E-state index is 12.9. The van der Waals surface area contributed by atoms with Gasteiger partial charge in [0.15, 0.2) is 0 Å². The van der Waals surface area contributed by atoms with Crippen LogP contribution in [-0.4, -0.2) is 71.3 Å². The van der Waals surface area contributed by atoms with Crippen LogP contribution in [0.5, 0.6) is 0 Å². The Morgan fingerprint density at radius 2 is 2.11 bits per heavy atom. The molecular formula is C20H25ClN4O2. The van der Waals surface area contributed by atoms with Crippen molar-refractivity contribution in [3.8, 4) is 11.3 Å². The van der Waals surface area contributed by atoms with Crippen molar-refractivity contribution in [2.45, 2.75) is 25.4 Å². The van der Waals surface area contributed by atoms with E-state index in [4.69, 9.17) is 16.3 Å². The van der Waals surface area contributed by atoms with Gasteiger partial charge < -0.3 is 9.64 Å². The minimum absolute atomic E-state index is 0.000213. The molecule has 2 fully saturated rings. The summed E-state index contributed by atoms with van der Waals surface area (Å²) < 4.78 is 5.75. The van der Waals surface area contributed by atoms with Crippen LogP contribution in [0.4, 0.5) is 0 Å². The Bertz CT molecular complexity index is 788. The van der Waals surface area contributed by atoms with Crippen molar-refractivity contribution in [3.63, 3.8) is 0 Å². The quantitative estimate of drug-likeness (QED) is 0.874. The molecule has 2 aliphatic rings. The summed E-state index contributed by atoms with van der Waals surface area (Å²) in [4.78, 5) is 17.2. The molecule has 7 heteroatoms. The van der Waals surface area contributed by atoms with E-state index < -0.39 is 0 Å². The molecule has 27 heavy (non-hydrogen) atoms. The lowest BCUT2D eigenvalue weighted by atomic mass is 10.1. The lowest BCUT2D eigenvalue weighted by Gasteiger charge is -2.23. The predicted molar refractivity (Wildman–Crippen MR) is 105 cm³/mol. The van der Waals surface area contributed by atoms with E-state index in [9.17, 15) is 4.79 Å². The summed E-state index contributed by atoms with van der Waals surface area (Å²) >= 11 is 6.24. The number of hydrogen-bond acceptors (Lipinski definition) is 4. The Kier molecular flexibility index (Phi) is 5.76. The molecule has 1 aromatic heterocycles. The Morgan fingerprint density at radius 1 is 1.22 bits per heavy atom. The van der Waals surface area contributed by atoms with Gasteiger partial charge in [0, 0.05) is 38.3 Å². The van der Waals surface area contributed by atoms with E-state index in [1.165, 1.54) is 0 Å². The third-order valence-electron chi connectivity index (χ3n) is 5.32. The van der Waals surface area contributed by atoms with E-state index >= 15 is 0 Å². The van der Waals surface area contributed by atoms with Gasteiger partial charge in [-0.25, -0.2) is 0 Å². The molecule has 2 aliphatic heterocycles. The molecule has 0 saturated carbocycles. The number of carbonyl (C=O) groups excluding carboxylic acids is 1. The third kappa shape index (κ3) is 4.34. The smallest absolute Gasteiger partial charge is 0.271 e. The molecule has 2 aromatic rings. The summed E-state index contributed by atoms with van der Waals surface area (Å²) in [6.45, 7) is 5.25. The van der Waals surface area contributed by atoms with E-state index in [1.807, 2.05) is 29.2 Å². The molecule has 0 radical (unpaired) electrons. The van der Waals surface area contributed by atoms with Crippen molar-refractivity contribution in [2.24, 2.45) is 0 Å². The first-order valence-corrected chi connectivity index (χ1v) is 10.0. The van der Waals surface area contributed by atoms with E-state index in [1.54, 1.807) is 6.07 Å². The van der Waals surface area contributed by atoms with Crippen molar-refractivity contribution in [1.82, 2.24) is 20.0 Å². The molecule has 6 nitrogen and oxygen atoms in total. The monoisotopic (exact) mass is 388 g/mol. The number of hydrogen-bond donors (Lipinski definition) is 1. The second-order valence-corrected chi connectivity index (χ2v) is 7.64. The molecule has 2 saturated heterocycles. The Balaban J connectivity index is 1.39. The fourth-order valence-electron chi connectivity index (χ4n) is 3.84. The predicted octanol–water partition coefficient (Wildman–Crippen LogP) is 3.06. The minimum atomic E-state index is -0.000213. The van der Waals surface area contributed by atoms with Gasteiger partial charge in [-0.2, -0.15) is 5.10 Å². The highest BCUT2D eigenvalue weighted by Crippen LogP contribution is 2.26. The fraction of sp³-hybridized carbons (Fsp3) is 0.500. The second kappa shape index (κ2) is 8.42. The number of nitrogens with one attached hydrogen (secondary N) is 1. The number of carbonyl (C=O) groups is 1. The largest absolute Gasteiger partial charge is 0.377 e. The molecule has 3 heterocycles. The number of aromatic amines is 1. The van der Waals surface area contributed by atoms with Gasteiger partial charge in [-0.05, 0) is 37.9 Å². The Labute approximate surface area is 164 Å². The zero-order chi connectivity index (χ0) is 18.6. The fourth-order valence-corrected chi connectivity index (χ4v) is 4.07. The van der Waals surface area contributed by atoms with E-state index in [2.05, 4.69) is 15.1 Å². The van der Waals surface area contributed by atoms with E-state index in [0.29, 0.717) is 22.5 Å². The van der Waals surface area contributed by atoms with Crippen molar-refractivity contribution in [3.05, 3.63) is 41.0 Å². The highest BCUT2D eigenvalue weighted by atomic mass is 35.5. The average molecular weight is 389 g/mol. The highest BCUT2D eigenvalue weighted by Gasteiger charge is 2.25. The highest BCUT2D eigenvalue weighted by molar-refractivity contribution is 6.33. The molecule has 1 amide bonds. The summed E-state index contributed by atoms with van der Waals surface area (Å²) in [5.41, 5.74) is 2.03. The first-order valence-electron chi connectivity index (χ1n) is 9.64. The standard InChI is InChI=1S/C20H25ClN4O2/c21-17-7-2-1-6-16(17)18-13-19(23-22-18)20(26)25-9-4-8-24(10-11-25)14-15-5-3-12-27-15/h1-2,6-7,13,15H,3-5,8-12,14H2,(H,22,23)/t15-/m0/s1. The number of nitrogens with zero attached hydrogens (tertiary/aromatic N) is 3. The van der Waals surface area contributed by atoms with Gasteiger partial charge in [-0.3, -0.25) is 14.8 Å². The number of halogens is 1. The van der Waals surface area contributed by atoms with Crippen molar-refractivity contribution in [2.75, 3.05) is 39.3 Å². The van der Waals surface area contributed by atoms with Crippen LogP contribution in [0.15, 0.2) is 30.3 Å². The van der Waals surface area contributed by atoms with Gasteiger partial charge in [0.2, 0.25) is 0 Å². The first kappa shape index (κ1) is 18.5. The van der Waals surface area contributed by atoms with E-state index in [-0.39, 0.29) is 5.91 Å². The number of H-pyrrole nitrogens is 1. The van der Waals surface area contributed by atoms with Gasteiger partial charge in [-0.15, -0.1) is 0 Å². The van der Waals surface area contributed by atoms with Crippen LogP contribution in [-0.2, 0) is 4.74 Å². The molecule has 0 bridgehead atoms. The van der Waals surface area contributed by atoms with Crippen LogP contribution in [0, 0.1) is 0 Å². The number of rotatable bonds is 4. The molecule has 0 spiro atoms. The number of amides is 1. The molecule has 0 unspecified atom stereocenters. The molecule has 0 aliphatic carbocycles. The van der Waals surface area contributed by atoms with Crippen LogP contribution in [0.1, 0.15) is 29.8 Å². The number of benzene rings is 1. The SMILES string of the molecule is O=C(c1cc(-c2ccccc2Cl)n[nH]1)N1CCCN(C[C@@H]2CCCO2)CC1. The maximum absolute atomic E-state index is 12.9. The lowest BCUT2D eigenvalue weighted by Crippen LogP contribution is -2.37. The van der Waals surface area contributed by atoms with Crippen LogP contribution in [0.2, 0.25) is 5.02 Å². The molecule has 1 N–H and O–H groups in total. The van der Waals surface area contributed by atoms with Gasteiger partial charge in [0.1, 0.15) is 5.69 Å². The molecule has 4 rings (SSSR count). The average Bonchev–Trinajstić information content (AvgIpc) is 3.31. The third-order valence-corrected chi connectivity index (χ3v) is 5.65. The van der Waals surface area contributed by atoms with Crippen molar-refractivity contribution < 1.29 is 9.53 Å². The molecule has 1 atom stereocenters. The molecular weight excluding hydrogens is 364 g/mol. The van der Waals surface area contributed by atoms with Gasteiger partial charge in [0.05, 0.1) is 16.8 Å². The number of ether oxygens (including phenoxy) is 1. The minimum Gasteiger partial charge on any atom is -0.377 e. The summed E-state index contributed by atoms with van der Waals surface area (Å²) in [5.74, 6) is -0.000213. The lowest BCUT2D eigenvalue weighted by molar-refractivity contribution is 0.0701. The summed E-state index contributed by atoms with van der Waals surface area (Å²) in [6, 6.07) is 9.31. The normalized spacial score (nSPS) is 21.4. The summed E-state index contributed by atoms with van der Waals surface area (Å²) in [6.07, 6.45) is 3.65. The summed E-state index contributed by atoms with van der Waals surface area (Å²) in [5, 5.41) is 7.80. The van der Waals surface area contributed by atoms with Crippen molar-refractivity contribution in [1.29, 1.82) is 0 Å². The molecule has 144 valence electrons. The molecule has 1 aromatic carbocycles. The summed E-state index contributed by atoms with van der Waals surface area (Å²) in [7, 11) is 0.